The van der Waals surface area contributed by atoms with E-state index in [0.717, 1.165) is 12.1 Å². The average Bonchev–Trinajstić information content (AvgIpc) is 2.35. The van der Waals surface area contributed by atoms with Gasteiger partial charge in [-0.1, -0.05) is 11.6 Å². The molecule has 10 heteroatoms. The van der Waals surface area contributed by atoms with Crippen LogP contribution in [0.1, 0.15) is 10.4 Å². The summed E-state index contributed by atoms with van der Waals surface area (Å²) in [7, 11) is 0. The summed E-state index contributed by atoms with van der Waals surface area (Å²) in [6.07, 6.45) is 0. The van der Waals surface area contributed by atoms with Crippen LogP contribution in [0, 0.1) is 10.1 Å². The van der Waals surface area contributed by atoms with Gasteiger partial charge in [-0.15, -0.1) is 0 Å². The molecule has 0 aliphatic rings. The summed E-state index contributed by atoms with van der Waals surface area (Å²) < 4.78 is 0. The summed E-state index contributed by atoms with van der Waals surface area (Å²) in [5, 5.41) is 10.5. The van der Waals surface area contributed by atoms with Crippen LogP contribution in [0.2, 0.25) is 5.02 Å². The largest absolute Gasteiger partial charge is 0.361 e. The highest BCUT2D eigenvalue weighted by molar-refractivity contribution is 6.34. The zero-order chi connectivity index (χ0) is 14.6. The molecule has 0 saturated carbocycles. The smallest absolute Gasteiger partial charge is 0.327 e. The lowest BCUT2D eigenvalue weighted by atomic mass is 10.2. The van der Waals surface area contributed by atoms with Gasteiger partial charge in [0, 0.05) is 11.6 Å². The molecular weight excluding hydrogens is 280 g/mol. The van der Waals surface area contributed by atoms with E-state index < -0.39 is 28.3 Å². The van der Waals surface area contributed by atoms with E-state index in [1.165, 1.54) is 6.07 Å². The van der Waals surface area contributed by atoms with Crippen LogP contribution in [0.4, 0.5) is 5.69 Å². The van der Waals surface area contributed by atoms with Gasteiger partial charge in [0.15, 0.2) is 0 Å². The van der Waals surface area contributed by atoms with E-state index in [0.29, 0.717) is 0 Å². The number of nitro groups is 1. The highest BCUT2D eigenvalue weighted by atomic mass is 35.5. The van der Waals surface area contributed by atoms with Crippen molar-refractivity contribution in [2.24, 2.45) is 5.73 Å². The third-order valence-electron chi connectivity index (χ3n) is 1.92. The fraction of sp³-hybridized carbons (Fsp3) is 0. The summed E-state index contributed by atoms with van der Waals surface area (Å²) in [6.45, 7) is 0. The van der Waals surface area contributed by atoms with Crippen LogP contribution in [0.25, 0.3) is 0 Å². The normalized spacial score (nSPS) is 9.53. The van der Waals surface area contributed by atoms with Crippen LogP contribution in [0.3, 0.4) is 0 Å². The molecule has 1 aromatic carbocycles. The van der Waals surface area contributed by atoms with Gasteiger partial charge in [0.1, 0.15) is 5.02 Å². The number of hydrogen-bond acceptors (Lipinski definition) is 5. The molecule has 19 heavy (non-hydrogen) atoms. The van der Waals surface area contributed by atoms with Crippen molar-refractivity contribution in [1.82, 2.24) is 10.9 Å². The maximum absolute atomic E-state index is 11.5. The Balaban J connectivity index is 2.83. The summed E-state index contributed by atoms with van der Waals surface area (Å²) in [5.74, 6) is -3.38. The van der Waals surface area contributed by atoms with Crippen molar-refractivity contribution in [1.29, 1.82) is 0 Å². The highest BCUT2D eigenvalue weighted by Gasteiger charge is 2.17. The minimum atomic E-state index is -1.29. The van der Waals surface area contributed by atoms with Gasteiger partial charge in [0.2, 0.25) is 0 Å². The SMILES string of the molecule is NC(=O)C(=O)NNC(=O)c1ccc(Cl)c([N+](=O)[O-])c1. The van der Waals surface area contributed by atoms with Crippen LogP contribution in [-0.2, 0) is 9.59 Å². The third kappa shape index (κ3) is 3.64. The second-order valence-corrected chi connectivity index (χ2v) is 3.60. The minimum Gasteiger partial charge on any atom is -0.361 e. The van der Waals surface area contributed by atoms with Gasteiger partial charge in [-0.05, 0) is 12.1 Å². The van der Waals surface area contributed by atoms with Gasteiger partial charge in [-0.2, -0.15) is 0 Å². The zero-order valence-electron chi connectivity index (χ0n) is 9.18. The second-order valence-electron chi connectivity index (χ2n) is 3.20. The molecule has 0 saturated heterocycles. The predicted octanol–water partition coefficient (Wildman–Crippen LogP) is -0.505. The molecule has 0 unspecified atom stereocenters. The first kappa shape index (κ1) is 14.4. The molecular formula is C9H7ClN4O5. The Hall–Kier alpha value is -2.68. The van der Waals surface area contributed by atoms with Crippen LogP contribution in [-0.4, -0.2) is 22.6 Å². The first-order valence-corrected chi connectivity index (χ1v) is 5.04. The van der Waals surface area contributed by atoms with Crippen molar-refractivity contribution in [3.63, 3.8) is 0 Å². The van der Waals surface area contributed by atoms with Crippen LogP contribution >= 0.6 is 11.6 Å². The number of rotatable bonds is 2. The topological polar surface area (TPSA) is 144 Å². The molecule has 0 aromatic heterocycles. The van der Waals surface area contributed by atoms with Crippen molar-refractivity contribution >= 4 is 35.0 Å². The Morgan fingerprint density at radius 3 is 2.42 bits per heavy atom. The number of halogens is 1. The molecule has 1 aromatic rings. The monoisotopic (exact) mass is 286 g/mol. The third-order valence-corrected chi connectivity index (χ3v) is 2.24. The molecule has 0 aliphatic heterocycles. The number of nitrogens with zero attached hydrogens (tertiary/aromatic N) is 1. The molecule has 100 valence electrons. The first-order chi connectivity index (χ1) is 8.82. The van der Waals surface area contributed by atoms with Crippen molar-refractivity contribution in [3.05, 3.63) is 38.9 Å². The van der Waals surface area contributed by atoms with Gasteiger partial charge in [0.25, 0.3) is 11.6 Å². The highest BCUT2D eigenvalue weighted by Crippen LogP contribution is 2.24. The Labute approximate surface area is 110 Å². The van der Waals surface area contributed by atoms with Gasteiger partial charge < -0.3 is 5.73 Å². The van der Waals surface area contributed by atoms with Crippen LogP contribution < -0.4 is 16.6 Å². The lowest BCUT2D eigenvalue weighted by molar-refractivity contribution is -0.384. The summed E-state index contributed by atoms with van der Waals surface area (Å²) in [6, 6.07) is 3.29. The molecule has 3 amide bonds. The fourth-order valence-electron chi connectivity index (χ4n) is 1.04. The zero-order valence-corrected chi connectivity index (χ0v) is 9.93. The number of nitrogens with one attached hydrogen (secondary N) is 2. The molecule has 0 radical (unpaired) electrons. The van der Waals surface area contributed by atoms with E-state index in [4.69, 9.17) is 11.6 Å². The Kier molecular flexibility index (Phi) is 4.37. The Morgan fingerprint density at radius 1 is 1.26 bits per heavy atom. The molecule has 0 spiro atoms. The van der Waals surface area contributed by atoms with Crippen molar-refractivity contribution in [3.8, 4) is 0 Å². The maximum atomic E-state index is 11.5. The molecule has 4 N–H and O–H groups in total. The van der Waals surface area contributed by atoms with E-state index >= 15 is 0 Å². The lowest BCUT2D eigenvalue weighted by Gasteiger charge is -2.05. The lowest BCUT2D eigenvalue weighted by Crippen LogP contribution is -2.47. The number of benzene rings is 1. The van der Waals surface area contributed by atoms with E-state index in [1.54, 1.807) is 5.43 Å². The summed E-state index contributed by atoms with van der Waals surface area (Å²) >= 11 is 5.56. The number of primary amides is 1. The fourth-order valence-corrected chi connectivity index (χ4v) is 1.23. The van der Waals surface area contributed by atoms with E-state index in [9.17, 15) is 24.5 Å². The number of nitrogens with two attached hydrogens (primary N) is 1. The van der Waals surface area contributed by atoms with Crippen LogP contribution in [0.15, 0.2) is 18.2 Å². The van der Waals surface area contributed by atoms with Crippen molar-refractivity contribution < 1.29 is 19.3 Å². The first-order valence-electron chi connectivity index (χ1n) is 4.67. The molecule has 9 nitrogen and oxygen atoms in total. The van der Waals surface area contributed by atoms with Gasteiger partial charge in [0.05, 0.1) is 4.92 Å². The molecule has 0 aliphatic carbocycles. The minimum absolute atomic E-state index is 0.124. The number of amides is 3. The predicted molar refractivity (Wildman–Crippen MR) is 62.9 cm³/mol. The number of hydrogen-bond donors (Lipinski definition) is 3. The number of carbonyl (C=O) groups excluding carboxylic acids is 3. The maximum Gasteiger partial charge on any atom is 0.327 e. The van der Waals surface area contributed by atoms with Gasteiger partial charge in [-0.3, -0.25) is 35.3 Å². The van der Waals surface area contributed by atoms with E-state index in [1.807, 2.05) is 5.43 Å². The van der Waals surface area contributed by atoms with Gasteiger partial charge >= 0.3 is 11.8 Å². The van der Waals surface area contributed by atoms with E-state index in [-0.39, 0.29) is 10.6 Å². The van der Waals surface area contributed by atoms with Crippen LogP contribution in [0.5, 0.6) is 0 Å². The molecule has 0 bridgehead atoms. The molecule has 0 fully saturated rings. The van der Waals surface area contributed by atoms with E-state index in [2.05, 4.69) is 5.73 Å². The molecule has 0 atom stereocenters. The number of hydrazine groups is 1. The van der Waals surface area contributed by atoms with Crippen molar-refractivity contribution in [2.45, 2.75) is 0 Å². The molecule has 0 heterocycles. The summed E-state index contributed by atoms with van der Waals surface area (Å²) in [4.78, 5) is 42.5. The number of carbonyl (C=O) groups is 3. The second kappa shape index (κ2) is 5.78. The average molecular weight is 287 g/mol. The standard InChI is InChI=1S/C9H7ClN4O5/c10-5-2-1-4(3-6(5)14(18)19)8(16)12-13-9(17)7(11)15/h1-3H,(H2,11,15)(H,12,16)(H,13,17). The quantitative estimate of drug-likeness (QED) is 0.381. The van der Waals surface area contributed by atoms with Gasteiger partial charge in [-0.25, -0.2) is 0 Å². The Morgan fingerprint density at radius 2 is 1.89 bits per heavy atom. The number of nitro benzene ring substituents is 1. The molecule has 1 rings (SSSR count). The van der Waals surface area contributed by atoms with Crippen molar-refractivity contribution in [2.75, 3.05) is 0 Å². The summed E-state index contributed by atoms with van der Waals surface area (Å²) in [5.41, 5.74) is 7.64. The Bertz CT molecular complexity index is 574.